The summed E-state index contributed by atoms with van der Waals surface area (Å²) in [6.07, 6.45) is 13.9. The molecule has 0 bridgehead atoms. The maximum absolute atomic E-state index is 6.42. The smallest absolute Gasteiger partial charge is 0.127 e. The highest BCUT2D eigenvalue weighted by atomic mass is 35.5. The van der Waals surface area contributed by atoms with Crippen LogP contribution in [0.2, 0.25) is 5.02 Å². The van der Waals surface area contributed by atoms with Crippen molar-refractivity contribution >= 4 is 22.4 Å². The third-order valence-corrected chi connectivity index (χ3v) is 13.2. The fourth-order valence-electron chi connectivity index (χ4n) is 10.7. The number of allylic oxidation sites excluding steroid dienone is 1. The molecule has 0 N–H and O–H groups in total. The summed E-state index contributed by atoms with van der Waals surface area (Å²) in [6, 6.07) is 13.7. The maximum Gasteiger partial charge on any atom is 0.127 e. The van der Waals surface area contributed by atoms with Crippen LogP contribution in [-0.4, -0.2) is 55.7 Å². The molecule has 0 aromatic heterocycles. The number of hydrogen-bond donors (Lipinski definition) is 0. The third kappa shape index (κ3) is 4.04. The first-order valence-corrected chi connectivity index (χ1v) is 16.1. The van der Waals surface area contributed by atoms with E-state index in [1.807, 2.05) is 18.2 Å². The molecule has 4 aliphatic carbocycles. The highest BCUT2D eigenvalue weighted by Gasteiger charge is 2.64. The van der Waals surface area contributed by atoms with Gasteiger partial charge in [-0.2, -0.15) is 0 Å². The van der Waals surface area contributed by atoms with Gasteiger partial charge in [0.05, 0.1) is 0 Å². The molecule has 1 aliphatic heterocycles. The lowest BCUT2D eigenvalue weighted by molar-refractivity contribution is -0.0439. The predicted octanol–water partition coefficient (Wildman–Crippen LogP) is 8.07. The van der Waals surface area contributed by atoms with Gasteiger partial charge in [0.15, 0.2) is 0 Å². The summed E-state index contributed by atoms with van der Waals surface area (Å²) in [5, 5.41) is 2.95. The Morgan fingerprint density at radius 1 is 1.00 bits per heavy atom. The van der Waals surface area contributed by atoms with Crippen LogP contribution < -0.4 is 4.74 Å². The predicted molar refractivity (Wildman–Crippen MR) is 162 cm³/mol. The standard InChI is InChI=1S/C35H47ClN2O/c1-23-29-11-12-31-28-10-9-24-21-25(15-17-34(24,2)30(28)16-18-35(29,31)22-38(23)4)37(3)19-20-39-33-14-13-32(36)26-7-5-6-8-27(26)33/h5-9,13-14,23,25,28-31H,10-12,15-22H2,1-4H3/t23-,25-,28+,29+,30-,31-,34-,35-/m0/s1. The van der Waals surface area contributed by atoms with Crippen molar-refractivity contribution in [3.05, 3.63) is 53.1 Å². The van der Waals surface area contributed by atoms with Gasteiger partial charge in [0, 0.05) is 41.0 Å². The zero-order valence-corrected chi connectivity index (χ0v) is 25.2. The molecular weight excluding hydrogens is 500 g/mol. The molecule has 3 saturated carbocycles. The van der Waals surface area contributed by atoms with E-state index in [1.165, 1.54) is 57.9 Å². The zero-order chi connectivity index (χ0) is 26.9. The minimum absolute atomic E-state index is 0.425. The first-order valence-electron chi connectivity index (χ1n) is 15.7. The lowest BCUT2D eigenvalue weighted by atomic mass is 9.47. The lowest BCUT2D eigenvalue weighted by Gasteiger charge is -2.58. The van der Waals surface area contributed by atoms with Gasteiger partial charge >= 0.3 is 0 Å². The van der Waals surface area contributed by atoms with Crippen molar-refractivity contribution in [2.45, 2.75) is 77.3 Å². The molecule has 4 fully saturated rings. The number of ether oxygens (including phenoxy) is 1. The summed E-state index contributed by atoms with van der Waals surface area (Å²) in [4.78, 5) is 5.26. The third-order valence-electron chi connectivity index (χ3n) is 12.8. The SMILES string of the molecule is C[C@H]1[C@H]2CC[C@H]3[C@@H]4CC=C5C[C@@H](N(C)CCOc6ccc(Cl)c7ccccc67)CC[C@]5(C)[C@H]4CC[C@]23CN1C. The van der Waals surface area contributed by atoms with E-state index in [2.05, 4.69) is 62.0 Å². The normalized spacial score (nSPS) is 39.7. The Kier molecular flexibility index (Phi) is 6.61. The monoisotopic (exact) mass is 546 g/mol. The molecule has 8 atom stereocenters. The van der Waals surface area contributed by atoms with Gasteiger partial charge in [-0.25, -0.2) is 0 Å². The molecule has 1 spiro atoms. The van der Waals surface area contributed by atoms with Gasteiger partial charge in [0.25, 0.3) is 0 Å². The van der Waals surface area contributed by atoms with Gasteiger partial charge in [0.2, 0.25) is 0 Å². The van der Waals surface area contributed by atoms with Crippen LogP contribution in [0.15, 0.2) is 48.0 Å². The van der Waals surface area contributed by atoms with Crippen molar-refractivity contribution in [1.29, 1.82) is 0 Å². The van der Waals surface area contributed by atoms with Gasteiger partial charge in [-0.1, -0.05) is 54.4 Å². The molecule has 5 aliphatic rings. The van der Waals surface area contributed by atoms with Gasteiger partial charge in [-0.15, -0.1) is 0 Å². The number of fused-ring (bicyclic) bond motifs is 5. The fraction of sp³-hybridized carbons (Fsp3) is 0.657. The summed E-state index contributed by atoms with van der Waals surface area (Å²) >= 11 is 6.42. The van der Waals surface area contributed by atoms with E-state index >= 15 is 0 Å². The van der Waals surface area contributed by atoms with E-state index in [1.54, 1.807) is 5.57 Å². The molecule has 7 rings (SSSR count). The minimum atomic E-state index is 0.425. The van der Waals surface area contributed by atoms with Gasteiger partial charge in [-0.3, -0.25) is 4.90 Å². The van der Waals surface area contributed by atoms with E-state index in [-0.39, 0.29) is 0 Å². The van der Waals surface area contributed by atoms with E-state index in [4.69, 9.17) is 16.3 Å². The van der Waals surface area contributed by atoms with E-state index in [0.717, 1.165) is 57.8 Å². The molecule has 39 heavy (non-hydrogen) atoms. The maximum atomic E-state index is 6.42. The Morgan fingerprint density at radius 2 is 1.79 bits per heavy atom. The van der Waals surface area contributed by atoms with Crippen LogP contribution >= 0.6 is 11.6 Å². The number of benzene rings is 2. The molecule has 2 aromatic carbocycles. The molecule has 0 amide bonds. The summed E-state index contributed by atoms with van der Waals surface area (Å²) in [7, 11) is 4.70. The number of hydrogen-bond acceptors (Lipinski definition) is 3. The number of likely N-dealkylation sites (N-methyl/N-ethyl adjacent to an activating group) is 1. The van der Waals surface area contributed by atoms with Crippen molar-refractivity contribution in [2.24, 2.45) is 34.5 Å². The Morgan fingerprint density at radius 3 is 2.64 bits per heavy atom. The Labute approximate surface area is 240 Å². The highest BCUT2D eigenvalue weighted by molar-refractivity contribution is 6.35. The van der Waals surface area contributed by atoms with E-state index in [0.29, 0.717) is 23.5 Å². The number of rotatable bonds is 5. The molecule has 1 heterocycles. The van der Waals surface area contributed by atoms with Crippen LogP contribution in [0.25, 0.3) is 10.8 Å². The second kappa shape index (κ2) is 9.78. The first kappa shape index (κ1) is 26.4. The average molecular weight is 547 g/mol. The molecule has 1 saturated heterocycles. The highest BCUT2D eigenvalue weighted by Crippen LogP contribution is 2.68. The first-order chi connectivity index (χ1) is 18.8. The molecular formula is C35H47ClN2O. The molecule has 0 radical (unpaired) electrons. The summed E-state index contributed by atoms with van der Waals surface area (Å²) in [6.45, 7) is 8.19. The summed E-state index contributed by atoms with van der Waals surface area (Å²) in [5.41, 5.74) is 2.84. The van der Waals surface area contributed by atoms with Crippen LogP contribution in [0.3, 0.4) is 0 Å². The zero-order valence-electron chi connectivity index (χ0n) is 24.5. The summed E-state index contributed by atoms with van der Waals surface area (Å²) in [5.74, 6) is 4.68. The number of nitrogens with zero attached hydrogens (tertiary/aromatic N) is 2. The van der Waals surface area contributed by atoms with Gasteiger partial charge in [-0.05, 0) is 119 Å². The van der Waals surface area contributed by atoms with Crippen LogP contribution in [0.4, 0.5) is 0 Å². The van der Waals surface area contributed by atoms with Crippen molar-refractivity contribution in [3.8, 4) is 5.75 Å². The largest absolute Gasteiger partial charge is 0.492 e. The summed E-state index contributed by atoms with van der Waals surface area (Å²) < 4.78 is 6.30. The quantitative estimate of drug-likeness (QED) is 0.353. The van der Waals surface area contributed by atoms with Crippen molar-refractivity contribution < 1.29 is 4.74 Å². The fourth-order valence-corrected chi connectivity index (χ4v) is 10.9. The van der Waals surface area contributed by atoms with Gasteiger partial charge < -0.3 is 9.64 Å². The molecule has 4 heteroatoms. The van der Waals surface area contributed by atoms with Gasteiger partial charge in [0.1, 0.15) is 12.4 Å². The van der Waals surface area contributed by atoms with E-state index in [9.17, 15) is 0 Å². The van der Waals surface area contributed by atoms with Crippen LogP contribution in [-0.2, 0) is 0 Å². The second-order valence-electron chi connectivity index (χ2n) is 14.2. The van der Waals surface area contributed by atoms with Crippen molar-refractivity contribution in [3.63, 3.8) is 0 Å². The Bertz CT molecular complexity index is 1270. The number of halogens is 1. The lowest BCUT2D eigenvalue weighted by Crippen LogP contribution is -2.52. The van der Waals surface area contributed by atoms with E-state index < -0.39 is 0 Å². The second-order valence-corrected chi connectivity index (χ2v) is 14.6. The Hall–Kier alpha value is -1.55. The Balaban J connectivity index is 1.01. The van der Waals surface area contributed by atoms with Crippen LogP contribution in [0.1, 0.15) is 65.2 Å². The average Bonchev–Trinajstić information content (AvgIpc) is 3.42. The van der Waals surface area contributed by atoms with Crippen molar-refractivity contribution in [1.82, 2.24) is 9.80 Å². The molecule has 2 aromatic rings. The van der Waals surface area contributed by atoms with Crippen molar-refractivity contribution in [2.75, 3.05) is 33.8 Å². The van der Waals surface area contributed by atoms with Crippen LogP contribution in [0, 0.1) is 34.5 Å². The topological polar surface area (TPSA) is 15.7 Å². The van der Waals surface area contributed by atoms with Crippen LogP contribution in [0.5, 0.6) is 5.75 Å². The minimum Gasteiger partial charge on any atom is -0.492 e. The molecule has 0 unspecified atom stereocenters. The number of likely N-dealkylation sites (tertiary alicyclic amines) is 1. The molecule has 3 nitrogen and oxygen atoms in total. The molecule has 210 valence electrons.